The highest BCUT2D eigenvalue weighted by Crippen LogP contribution is 2.09. The van der Waals surface area contributed by atoms with Crippen molar-refractivity contribution in [3.05, 3.63) is 23.4 Å². The Hall–Kier alpha value is -1.33. The third-order valence-corrected chi connectivity index (χ3v) is 2.84. The van der Waals surface area contributed by atoms with Crippen molar-refractivity contribution in [2.24, 2.45) is 0 Å². The van der Waals surface area contributed by atoms with Crippen LogP contribution in [0, 0.1) is 0 Å². The van der Waals surface area contributed by atoms with Gasteiger partial charge >= 0.3 is 0 Å². The molecule has 92 valence electrons. The van der Waals surface area contributed by atoms with E-state index in [9.17, 15) is 4.79 Å². The van der Waals surface area contributed by atoms with Gasteiger partial charge in [-0.15, -0.1) is 0 Å². The molecule has 2 N–H and O–H groups in total. The zero-order chi connectivity index (χ0) is 12.1. The van der Waals surface area contributed by atoms with Gasteiger partial charge in [-0.05, 0) is 12.1 Å². The van der Waals surface area contributed by atoms with Crippen LogP contribution >= 0.6 is 11.6 Å². The van der Waals surface area contributed by atoms with Gasteiger partial charge in [-0.25, -0.2) is 4.98 Å². The van der Waals surface area contributed by atoms with Gasteiger partial charge in [0.25, 0.3) is 0 Å². The fraction of sp³-hybridized carbons (Fsp3) is 0.455. The van der Waals surface area contributed by atoms with Crippen molar-refractivity contribution in [1.29, 1.82) is 0 Å². The van der Waals surface area contributed by atoms with E-state index in [4.69, 9.17) is 11.6 Å². The summed E-state index contributed by atoms with van der Waals surface area (Å²) in [4.78, 5) is 17.7. The molecule has 1 aliphatic rings. The van der Waals surface area contributed by atoms with E-state index < -0.39 is 0 Å². The molecule has 1 aliphatic heterocycles. The Morgan fingerprint density at radius 1 is 1.47 bits per heavy atom. The van der Waals surface area contributed by atoms with Crippen molar-refractivity contribution < 1.29 is 4.79 Å². The number of amides is 1. The summed E-state index contributed by atoms with van der Waals surface area (Å²) in [6, 6.07) is 3.50. The lowest BCUT2D eigenvalue weighted by atomic mass is 10.3. The first-order valence-corrected chi connectivity index (χ1v) is 5.97. The van der Waals surface area contributed by atoms with Crippen molar-refractivity contribution in [1.82, 2.24) is 15.2 Å². The van der Waals surface area contributed by atoms with Crippen LogP contribution in [-0.4, -0.2) is 48.5 Å². The molecule has 2 heterocycles. The zero-order valence-corrected chi connectivity index (χ0v) is 10.2. The quantitative estimate of drug-likeness (QED) is 0.829. The van der Waals surface area contributed by atoms with Gasteiger partial charge in [-0.2, -0.15) is 0 Å². The van der Waals surface area contributed by atoms with Crippen LogP contribution in [0.2, 0.25) is 5.02 Å². The van der Waals surface area contributed by atoms with Crippen LogP contribution in [0.3, 0.4) is 0 Å². The van der Waals surface area contributed by atoms with Gasteiger partial charge in [0.05, 0.1) is 11.6 Å². The Bertz CT molecular complexity index is 376. The van der Waals surface area contributed by atoms with Crippen LogP contribution in [0.15, 0.2) is 18.3 Å². The van der Waals surface area contributed by atoms with E-state index in [-0.39, 0.29) is 12.5 Å². The third kappa shape index (κ3) is 3.57. The Morgan fingerprint density at radius 2 is 2.24 bits per heavy atom. The molecule has 0 aliphatic carbocycles. The molecule has 17 heavy (non-hydrogen) atoms. The average Bonchev–Trinajstić information content (AvgIpc) is 2.39. The lowest BCUT2D eigenvalue weighted by Crippen LogP contribution is -2.48. The summed E-state index contributed by atoms with van der Waals surface area (Å²) in [7, 11) is 0. The molecule has 6 heteroatoms. The molecular formula is C11H15ClN4O. The molecule has 1 aromatic heterocycles. The Labute approximate surface area is 105 Å². The minimum Gasteiger partial charge on any atom is -0.361 e. The summed E-state index contributed by atoms with van der Waals surface area (Å²) in [5.41, 5.74) is 0. The van der Waals surface area contributed by atoms with Gasteiger partial charge in [0.15, 0.2) is 0 Å². The van der Waals surface area contributed by atoms with Crippen molar-refractivity contribution in [2.75, 3.05) is 38.0 Å². The fourth-order valence-corrected chi connectivity index (χ4v) is 1.78. The molecule has 0 unspecified atom stereocenters. The van der Waals surface area contributed by atoms with Crippen molar-refractivity contribution in [3.63, 3.8) is 0 Å². The summed E-state index contributed by atoms with van der Waals surface area (Å²) in [5.74, 6) is 0.765. The first kappa shape index (κ1) is 12.1. The lowest BCUT2D eigenvalue weighted by Gasteiger charge is -2.27. The number of anilines is 1. The van der Waals surface area contributed by atoms with Crippen molar-refractivity contribution in [2.45, 2.75) is 0 Å². The Balaban J connectivity index is 1.81. The van der Waals surface area contributed by atoms with Gasteiger partial charge in [-0.1, -0.05) is 11.6 Å². The molecule has 1 saturated heterocycles. The number of piperazine rings is 1. The van der Waals surface area contributed by atoms with Gasteiger partial charge in [0.2, 0.25) is 5.91 Å². The average molecular weight is 255 g/mol. The molecule has 1 amide bonds. The van der Waals surface area contributed by atoms with Crippen LogP contribution in [0.4, 0.5) is 5.82 Å². The van der Waals surface area contributed by atoms with E-state index in [0.29, 0.717) is 10.8 Å². The SMILES string of the molecule is O=C(CNc1ccc(Cl)cn1)N1CCNCC1. The van der Waals surface area contributed by atoms with Gasteiger partial charge in [-0.3, -0.25) is 4.79 Å². The normalized spacial score (nSPS) is 15.7. The molecule has 0 aromatic carbocycles. The summed E-state index contributed by atoms with van der Waals surface area (Å²) in [5, 5.41) is 6.78. The number of aromatic nitrogens is 1. The van der Waals surface area contributed by atoms with Crippen LogP contribution in [0.5, 0.6) is 0 Å². The van der Waals surface area contributed by atoms with Crippen molar-refractivity contribution in [3.8, 4) is 0 Å². The molecule has 0 saturated carbocycles. The van der Waals surface area contributed by atoms with Gasteiger partial charge < -0.3 is 15.5 Å². The highest BCUT2D eigenvalue weighted by molar-refractivity contribution is 6.30. The van der Waals surface area contributed by atoms with Gasteiger partial charge in [0.1, 0.15) is 5.82 Å². The predicted octanol–water partition coefficient (Wildman–Crippen LogP) is 0.579. The number of hydrogen-bond donors (Lipinski definition) is 2. The number of hydrogen-bond acceptors (Lipinski definition) is 4. The summed E-state index contributed by atoms with van der Waals surface area (Å²) in [6.45, 7) is 3.55. The molecule has 0 atom stereocenters. The number of carbonyl (C=O) groups excluding carboxylic acids is 1. The second-order valence-corrected chi connectivity index (χ2v) is 4.28. The second-order valence-electron chi connectivity index (χ2n) is 3.85. The number of pyridine rings is 1. The van der Waals surface area contributed by atoms with Crippen LogP contribution in [-0.2, 0) is 4.79 Å². The number of halogens is 1. The van der Waals surface area contributed by atoms with E-state index >= 15 is 0 Å². The lowest BCUT2D eigenvalue weighted by molar-refractivity contribution is -0.129. The number of carbonyl (C=O) groups is 1. The van der Waals surface area contributed by atoms with Gasteiger partial charge in [0, 0.05) is 32.4 Å². The summed E-state index contributed by atoms with van der Waals surface area (Å²) >= 11 is 5.72. The molecule has 1 fully saturated rings. The topological polar surface area (TPSA) is 57.3 Å². The first-order chi connectivity index (χ1) is 8.25. The molecule has 0 bridgehead atoms. The predicted molar refractivity (Wildman–Crippen MR) is 67.2 cm³/mol. The molecule has 1 aromatic rings. The highest BCUT2D eigenvalue weighted by Gasteiger charge is 2.15. The second kappa shape index (κ2) is 5.84. The minimum absolute atomic E-state index is 0.100. The standard InChI is InChI=1S/C11H15ClN4O/c12-9-1-2-10(14-7-9)15-8-11(17)16-5-3-13-4-6-16/h1-2,7,13H,3-6,8H2,(H,14,15). The third-order valence-electron chi connectivity index (χ3n) is 2.62. The van der Waals surface area contributed by atoms with Crippen LogP contribution in [0.25, 0.3) is 0 Å². The number of nitrogens with one attached hydrogen (secondary N) is 2. The van der Waals surface area contributed by atoms with Crippen molar-refractivity contribution >= 4 is 23.3 Å². The highest BCUT2D eigenvalue weighted by atomic mass is 35.5. The van der Waals surface area contributed by atoms with E-state index in [1.807, 2.05) is 4.90 Å². The van der Waals surface area contributed by atoms with E-state index in [0.717, 1.165) is 26.2 Å². The monoisotopic (exact) mass is 254 g/mol. The number of rotatable bonds is 3. The molecule has 2 rings (SSSR count). The molecule has 5 nitrogen and oxygen atoms in total. The maximum absolute atomic E-state index is 11.8. The minimum atomic E-state index is 0.100. The van der Waals surface area contributed by atoms with E-state index in [2.05, 4.69) is 15.6 Å². The summed E-state index contributed by atoms with van der Waals surface area (Å²) in [6.07, 6.45) is 1.55. The molecule has 0 spiro atoms. The largest absolute Gasteiger partial charge is 0.361 e. The first-order valence-electron chi connectivity index (χ1n) is 5.59. The summed E-state index contributed by atoms with van der Waals surface area (Å²) < 4.78 is 0. The van der Waals surface area contributed by atoms with E-state index in [1.165, 1.54) is 0 Å². The Kier molecular flexibility index (Phi) is 4.17. The maximum Gasteiger partial charge on any atom is 0.242 e. The zero-order valence-electron chi connectivity index (χ0n) is 9.45. The maximum atomic E-state index is 11.8. The Morgan fingerprint density at radius 3 is 2.88 bits per heavy atom. The van der Waals surface area contributed by atoms with Crippen LogP contribution in [0.1, 0.15) is 0 Å². The smallest absolute Gasteiger partial charge is 0.242 e. The number of nitrogens with zero attached hydrogens (tertiary/aromatic N) is 2. The van der Waals surface area contributed by atoms with Crippen LogP contribution < -0.4 is 10.6 Å². The molecule has 0 radical (unpaired) electrons. The fourth-order valence-electron chi connectivity index (χ4n) is 1.67. The van der Waals surface area contributed by atoms with E-state index in [1.54, 1.807) is 18.3 Å². The molecular weight excluding hydrogens is 240 g/mol.